The number of nitrogens with two attached hydrogens (primary N) is 3. The van der Waals surface area contributed by atoms with E-state index < -0.39 is 73.0 Å². The Hall–Kier alpha value is -3.50. The van der Waals surface area contributed by atoms with E-state index in [0.717, 1.165) is 6.92 Å². The molecule has 194 valence electrons. The molecule has 0 rings (SSSR count). The standard InChI is InChI=1S/C18H33N7O9/c1-8(27)13(16(32)24-11(17(33)34)3-2-6-22-18(20)21)25-15(31)10(4-5-12(28)29)23-14(30)9(19)7-26/h8-11,13,26-27H,2-7,19H2,1H3,(H,23,30)(H,24,32)(H,25,31)(H,28,29)(H,33,34)(H4,20,21,22). The molecule has 0 bridgehead atoms. The van der Waals surface area contributed by atoms with E-state index in [9.17, 15) is 34.2 Å². The lowest BCUT2D eigenvalue weighted by atomic mass is 10.1. The van der Waals surface area contributed by atoms with E-state index in [1.807, 2.05) is 0 Å². The van der Waals surface area contributed by atoms with E-state index in [4.69, 9.17) is 27.4 Å². The second-order valence-corrected chi connectivity index (χ2v) is 7.36. The van der Waals surface area contributed by atoms with Crippen molar-refractivity contribution in [2.45, 2.75) is 62.9 Å². The first-order chi connectivity index (χ1) is 15.8. The van der Waals surface area contributed by atoms with Crippen molar-refractivity contribution in [2.24, 2.45) is 22.2 Å². The lowest BCUT2D eigenvalue weighted by Crippen LogP contribution is -2.60. The summed E-state index contributed by atoms with van der Waals surface area (Å²) >= 11 is 0. The smallest absolute Gasteiger partial charge is 0.326 e. The van der Waals surface area contributed by atoms with Crippen molar-refractivity contribution >= 4 is 35.6 Å². The van der Waals surface area contributed by atoms with Crippen LogP contribution in [0.15, 0.2) is 4.99 Å². The number of carboxylic acid groups (broad SMARTS) is 2. The minimum Gasteiger partial charge on any atom is -0.481 e. The number of carboxylic acids is 2. The van der Waals surface area contributed by atoms with Gasteiger partial charge in [-0.3, -0.25) is 24.2 Å². The van der Waals surface area contributed by atoms with Crippen molar-refractivity contribution in [1.29, 1.82) is 0 Å². The molecule has 0 spiro atoms. The number of guanidine groups is 1. The third-order valence-electron chi connectivity index (χ3n) is 4.44. The highest BCUT2D eigenvalue weighted by Gasteiger charge is 2.32. The summed E-state index contributed by atoms with van der Waals surface area (Å²) in [6, 6.07) is -5.87. The Morgan fingerprint density at radius 3 is 1.97 bits per heavy atom. The van der Waals surface area contributed by atoms with E-state index in [1.54, 1.807) is 0 Å². The average Bonchev–Trinajstić information content (AvgIpc) is 2.74. The molecule has 3 amide bonds. The second kappa shape index (κ2) is 15.4. The van der Waals surface area contributed by atoms with Gasteiger partial charge in [-0.15, -0.1) is 0 Å². The molecule has 16 heteroatoms. The Labute approximate surface area is 194 Å². The van der Waals surface area contributed by atoms with Gasteiger partial charge in [-0.2, -0.15) is 0 Å². The van der Waals surface area contributed by atoms with Gasteiger partial charge in [0.05, 0.1) is 12.7 Å². The number of hydrogen-bond donors (Lipinski definition) is 10. The van der Waals surface area contributed by atoms with E-state index in [0.29, 0.717) is 0 Å². The van der Waals surface area contributed by atoms with Crippen molar-refractivity contribution in [3.05, 3.63) is 0 Å². The summed E-state index contributed by atoms with van der Waals surface area (Å²) in [4.78, 5) is 63.2. The molecule has 5 atom stereocenters. The van der Waals surface area contributed by atoms with Gasteiger partial charge in [-0.05, 0) is 26.2 Å². The molecule has 0 aliphatic rings. The molecule has 0 aromatic carbocycles. The van der Waals surface area contributed by atoms with E-state index >= 15 is 0 Å². The monoisotopic (exact) mass is 491 g/mol. The number of aliphatic carboxylic acids is 2. The summed E-state index contributed by atoms with van der Waals surface area (Å²) < 4.78 is 0. The fourth-order valence-electron chi connectivity index (χ4n) is 2.58. The molecule has 0 saturated heterocycles. The number of aliphatic imine (C=N–C) groups is 1. The van der Waals surface area contributed by atoms with Crippen LogP contribution in [0.3, 0.4) is 0 Å². The largest absolute Gasteiger partial charge is 0.481 e. The molecule has 34 heavy (non-hydrogen) atoms. The van der Waals surface area contributed by atoms with Crippen LogP contribution in [0.5, 0.6) is 0 Å². The highest BCUT2D eigenvalue weighted by Crippen LogP contribution is 2.04. The van der Waals surface area contributed by atoms with E-state index in [1.165, 1.54) is 0 Å². The van der Waals surface area contributed by atoms with Crippen LogP contribution in [0.1, 0.15) is 32.6 Å². The van der Waals surface area contributed by atoms with Crippen LogP contribution in [-0.2, 0) is 24.0 Å². The van der Waals surface area contributed by atoms with Gasteiger partial charge in [-0.25, -0.2) is 4.79 Å². The third-order valence-corrected chi connectivity index (χ3v) is 4.44. The van der Waals surface area contributed by atoms with Gasteiger partial charge in [0, 0.05) is 13.0 Å². The maximum Gasteiger partial charge on any atom is 0.326 e. The van der Waals surface area contributed by atoms with Gasteiger partial charge in [0.1, 0.15) is 24.2 Å². The molecule has 5 unspecified atom stereocenters. The van der Waals surface area contributed by atoms with E-state index in [-0.39, 0.29) is 31.8 Å². The minimum absolute atomic E-state index is 0.0608. The minimum atomic E-state index is -1.64. The molecule has 0 fully saturated rings. The summed E-state index contributed by atoms with van der Waals surface area (Å²) in [5.74, 6) is -5.84. The first-order valence-corrected chi connectivity index (χ1v) is 10.3. The number of rotatable bonds is 16. The fraction of sp³-hybridized carbons (Fsp3) is 0.667. The molecule has 0 aliphatic heterocycles. The number of nitrogens with zero attached hydrogens (tertiary/aromatic N) is 1. The average molecular weight is 492 g/mol. The normalized spacial score (nSPS) is 15.1. The van der Waals surface area contributed by atoms with Crippen LogP contribution in [0.4, 0.5) is 0 Å². The molecule has 0 radical (unpaired) electrons. The van der Waals surface area contributed by atoms with Crippen molar-refractivity contribution < 1.29 is 44.4 Å². The van der Waals surface area contributed by atoms with Crippen molar-refractivity contribution in [3.63, 3.8) is 0 Å². The Morgan fingerprint density at radius 2 is 1.50 bits per heavy atom. The maximum atomic E-state index is 12.6. The maximum absolute atomic E-state index is 12.6. The van der Waals surface area contributed by atoms with Crippen LogP contribution in [0.25, 0.3) is 0 Å². The topological polar surface area (TPSA) is 293 Å². The first kappa shape index (κ1) is 30.5. The van der Waals surface area contributed by atoms with Gasteiger partial charge in [0.2, 0.25) is 17.7 Å². The summed E-state index contributed by atoms with van der Waals surface area (Å²) in [6.45, 7) is 0.530. The van der Waals surface area contributed by atoms with E-state index in [2.05, 4.69) is 20.9 Å². The Morgan fingerprint density at radius 1 is 0.912 bits per heavy atom. The molecule has 0 aromatic rings. The molecule has 0 saturated carbocycles. The number of aliphatic hydroxyl groups excluding tert-OH is 2. The van der Waals surface area contributed by atoms with Gasteiger partial charge < -0.3 is 53.6 Å². The summed E-state index contributed by atoms with van der Waals surface area (Å²) in [6.07, 6.45) is -2.27. The second-order valence-electron chi connectivity index (χ2n) is 7.36. The Bertz CT molecular complexity index is 756. The van der Waals surface area contributed by atoms with Gasteiger partial charge in [0.15, 0.2) is 5.96 Å². The quantitative estimate of drug-likeness (QED) is 0.0552. The molecule has 0 heterocycles. The third kappa shape index (κ3) is 11.9. The first-order valence-electron chi connectivity index (χ1n) is 10.3. The molecule has 13 N–H and O–H groups in total. The lowest BCUT2D eigenvalue weighted by Gasteiger charge is -2.26. The van der Waals surface area contributed by atoms with Crippen LogP contribution >= 0.6 is 0 Å². The zero-order valence-corrected chi connectivity index (χ0v) is 18.6. The summed E-state index contributed by atoms with van der Waals surface area (Å²) in [5, 5.41) is 43.7. The predicted octanol–water partition coefficient (Wildman–Crippen LogP) is -4.86. The predicted molar refractivity (Wildman–Crippen MR) is 117 cm³/mol. The van der Waals surface area contributed by atoms with Gasteiger partial charge in [-0.1, -0.05) is 0 Å². The molecular formula is C18H33N7O9. The van der Waals surface area contributed by atoms with Crippen LogP contribution in [0, 0.1) is 0 Å². The van der Waals surface area contributed by atoms with Gasteiger partial charge in [0.25, 0.3) is 0 Å². The zero-order valence-electron chi connectivity index (χ0n) is 18.6. The summed E-state index contributed by atoms with van der Waals surface area (Å²) in [7, 11) is 0. The van der Waals surface area contributed by atoms with Crippen molar-refractivity contribution in [3.8, 4) is 0 Å². The zero-order chi connectivity index (χ0) is 26.4. The number of carbonyl (C=O) groups is 5. The highest BCUT2D eigenvalue weighted by molar-refractivity contribution is 5.94. The number of amides is 3. The van der Waals surface area contributed by atoms with Crippen molar-refractivity contribution in [1.82, 2.24) is 16.0 Å². The van der Waals surface area contributed by atoms with Crippen LogP contribution < -0.4 is 33.2 Å². The van der Waals surface area contributed by atoms with Crippen molar-refractivity contribution in [2.75, 3.05) is 13.2 Å². The molecular weight excluding hydrogens is 458 g/mol. The Balaban J connectivity index is 5.37. The highest BCUT2D eigenvalue weighted by atomic mass is 16.4. The summed E-state index contributed by atoms with van der Waals surface area (Å²) in [5.41, 5.74) is 15.7. The lowest BCUT2D eigenvalue weighted by molar-refractivity contribution is -0.143. The molecule has 0 aromatic heterocycles. The number of hydrogen-bond acceptors (Lipinski definition) is 9. The van der Waals surface area contributed by atoms with Crippen LogP contribution in [-0.4, -0.2) is 99.5 Å². The molecule has 16 nitrogen and oxygen atoms in total. The number of carbonyl (C=O) groups excluding carboxylic acids is 3. The van der Waals surface area contributed by atoms with Gasteiger partial charge >= 0.3 is 11.9 Å². The number of nitrogens with one attached hydrogen (secondary N) is 3. The Kier molecular flexibility index (Phi) is 13.8. The fourth-order valence-corrected chi connectivity index (χ4v) is 2.58. The number of aliphatic hydroxyl groups is 2. The SMILES string of the molecule is CC(O)C(NC(=O)C(CCC(=O)O)NC(=O)C(N)CO)C(=O)NC(CCCN=C(N)N)C(=O)O. The van der Waals surface area contributed by atoms with Crippen LogP contribution in [0.2, 0.25) is 0 Å². The molecule has 0 aliphatic carbocycles.